The molecule has 0 radical (unpaired) electrons. The molecule has 11 heavy (non-hydrogen) atoms. The Hall–Kier alpha value is -0.570. The van der Waals surface area contributed by atoms with Gasteiger partial charge in [-0.1, -0.05) is 0 Å². The molecule has 64 valence electrons. The number of imide groups is 1. The van der Waals surface area contributed by atoms with Crippen LogP contribution in [0.3, 0.4) is 0 Å². The Balaban J connectivity index is 4.63. The van der Waals surface area contributed by atoms with E-state index in [1.165, 1.54) is 6.92 Å². The van der Waals surface area contributed by atoms with Crippen LogP contribution >= 0.6 is 11.6 Å². The van der Waals surface area contributed by atoms with Crippen molar-refractivity contribution in [1.29, 1.82) is 0 Å². The van der Waals surface area contributed by atoms with E-state index in [9.17, 15) is 9.59 Å². The molecule has 0 aromatic carbocycles. The lowest BCUT2D eigenvalue weighted by molar-refractivity contribution is -0.128. The van der Waals surface area contributed by atoms with E-state index in [1.807, 2.05) is 0 Å². The predicted molar refractivity (Wildman–Crippen MR) is 43.5 cm³/mol. The Labute approximate surface area is 71.3 Å². The Morgan fingerprint density at radius 2 is 1.64 bits per heavy atom. The van der Waals surface area contributed by atoms with Crippen LogP contribution in [0.5, 0.6) is 0 Å². The van der Waals surface area contributed by atoms with E-state index in [2.05, 4.69) is 0 Å². The molecule has 4 heteroatoms. The molecule has 0 saturated carbocycles. The summed E-state index contributed by atoms with van der Waals surface area (Å²) in [6, 6.07) is 0. The molecule has 0 aliphatic heterocycles. The van der Waals surface area contributed by atoms with Gasteiger partial charge in [-0.25, -0.2) is 0 Å². The summed E-state index contributed by atoms with van der Waals surface area (Å²) < 4.78 is 0. The van der Waals surface area contributed by atoms with Crippen molar-refractivity contribution in [3.63, 3.8) is 0 Å². The minimum atomic E-state index is -0.731. The van der Waals surface area contributed by atoms with E-state index in [1.54, 1.807) is 20.8 Å². The van der Waals surface area contributed by atoms with Crippen molar-refractivity contribution < 1.29 is 9.59 Å². The number of hydrogen-bond donors (Lipinski definition) is 0. The maximum atomic E-state index is 10.9. The summed E-state index contributed by atoms with van der Waals surface area (Å²) in [5.74, 6) is -0.336. The van der Waals surface area contributed by atoms with E-state index >= 15 is 0 Å². The zero-order chi connectivity index (χ0) is 9.23. The lowest BCUT2D eigenvalue weighted by Crippen LogP contribution is -2.45. The van der Waals surface area contributed by atoms with E-state index in [0.29, 0.717) is 0 Å². The summed E-state index contributed by atoms with van der Waals surface area (Å²) in [6.45, 7) is 6.55. The average Bonchev–Trinajstić information content (AvgIpc) is 1.54. The zero-order valence-electron chi connectivity index (χ0n) is 7.14. The third kappa shape index (κ3) is 2.89. The fourth-order valence-corrected chi connectivity index (χ4v) is 1.23. The number of rotatable bonds is 0. The van der Waals surface area contributed by atoms with Crippen LogP contribution in [0.2, 0.25) is 0 Å². The highest BCUT2D eigenvalue weighted by Gasteiger charge is 2.28. The number of halogens is 1. The van der Waals surface area contributed by atoms with Crippen molar-refractivity contribution in [2.75, 3.05) is 0 Å². The molecule has 0 N–H and O–H groups in total. The van der Waals surface area contributed by atoms with Gasteiger partial charge in [0.05, 0.1) is 0 Å². The van der Waals surface area contributed by atoms with Gasteiger partial charge in [0, 0.05) is 12.5 Å². The third-order valence-electron chi connectivity index (χ3n) is 1.16. The molecule has 0 atom stereocenters. The molecule has 0 rings (SSSR count). The fourth-order valence-electron chi connectivity index (χ4n) is 0.860. The van der Waals surface area contributed by atoms with Crippen LogP contribution < -0.4 is 0 Å². The standard InChI is InChI=1S/C7H12ClNO2/c1-5(10)9(6(8)11)7(2,3)4/h1-4H3. The summed E-state index contributed by atoms with van der Waals surface area (Å²) in [5, 5.41) is -0.731. The minimum Gasteiger partial charge on any atom is -0.275 e. The summed E-state index contributed by atoms with van der Waals surface area (Å²) in [4.78, 5) is 22.6. The van der Waals surface area contributed by atoms with Crippen molar-refractivity contribution in [1.82, 2.24) is 4.90 Å². The van der Waals surface area contributed by atoms with Crippen molar-refractivity contribution in [2.45, 2.75) is 33.2 Å². The van der Waals surface area contributed by atoms with Crippen LogP contribution in [-0.4, -0.2) is 21.7 Å². The molecule has 0 aliphatic carbocycles. The first-order valence-electron chi connectivity index (χ1n) is 3.27. The summed E-state index contributed by atoms with van der Waals surface area (Å²) in [5.41, 5.74) is -0.537. The zero-order valence-corrected chi connectivity index (χ0v) is 7.90. The second kappa shape index (κ2) is 3.22. The first-order chi connectivity index (χ1) is 4.76. The molecule has 0 spiro atoms. The normalized spacial score (nSPS) is 11.0. The molecule has 0 aromatic heterocycles. The average molecular weight is 178 g/mol. The van der Waals surface area contributed by atoms with Gasteiger partial charge < -0.3 is 0 Å². The highest BCUT2D eigenvalue weighted by Crippen LogP contribution is 2.15. The first kappa shape index (κ1) is 10.4. The van der Waals surface area contributed by atoms with Crippen LogP contribution in [0.15, 0.2) is 0 Å². The van der Waals surface area contributed by atoms with Gasteiger partial charge in [0.15, 0.2) is 0 Å². The summed E-state index contributed by atoms with van der Waals surface area (Å²) >= 11 is 5.19. The Kier molecular flexibility index (Phi) is 3.05. The van der Waals surface area contributed by atoms with Crippen molar-refractivity contribution in [2.24, 2.45) is 0 Å². The predicted octanol–water partition coefficient (Wildman–Crippen LogP) is 1.99. The molecular weight excluding hydrogens is 166 g/mol. The van der Waals surface area contributed by atoms with E-state index < -0.39 is 10.9 Å². The number of hydrogen-bond acceptors (Lipinski definition) is 2. The van der Waals surface area contributed by atoms with Crippen LogP contribution in [-0.2, 0) is 4.79 Å². The largest absolute Gasteiger partial charge is 0.323 e. The SMILES string of the molecule is CC(=O)N(C(=O)Cl)C(C)(C)C. The summed E-state index contributed by atoms with van der Waals surface area (Å²) in [6.07, 6.45) is 0. The number of amides is 2. The quantitative estimate of drug-likeness (QED) is 0.419. The number of carbonyl (C=O) groups is 2. The summed E-state index contributed by atoms with van der Waals surface area (Å²) in [7, 11) is 0. The molecule has 0 unspecified atom stereocenters. The molecule has 0 bridgehead atoms. The Morgan fingerprint density at radius 1 is 1.27 bits per heavy atom. The molecule has 0 aromatic rings. The highest BCUT2D eigenvalue weighted by atomic mass is 35.5. The second-order valence-corrected chi connectivity index (χ2v) is 3.60. The first-order valence-corrected chi connectivity index (χ1v) is 3.65. The number of nitrogens with zero attached hydrogens (tertiary/aromatic N) is 1. The molecule has 0 heterocycles. The molecular formula is C7H12ClNO2. The van der Waals surface area contributed by atoms with E-state index in [0.717, 1.165) is 4.90 Å². The Morgan fingerprint density at radius 3 is 1.64 bits per heavy atom. The van der Waals surface area contributed by atoms with Gasteiger partial charge in [0.1, 0.15) is 0 Å². The van der Waals surface area contributed by atoms with Gasteiger partial charge in [-0.15, -0.1) is 0 Å². The van der Waals surface area contributed by atoms with E-state index in [-0.39, 0.29) is 5.91 Å². The van der Waals surface area contributed by atoms with E-state index in [4.69, 9.17) is 11.6 Å². The maximum Gasteiger partial charge on any atom is 0.323 e. The van der Waals surface area contributed by atoms with Gasteiger partial charge in [-0.05, 0) is 32.4 Å². The van der Waals surface area contributed by atoms with Gasteiger partial charge >= 0.3 is 5.37 Å². The van der Waals surface area contributed by atoms with Crippen molar-refractivity contribution >= 4 is 22.9 Å². The van der Waals surface area contributed by atoms with Crippen LogP contribution in [0.1, 0.15) is 27.7 Å². The molecule has 3 nitrogen and oxygen atoms in total. The molecule has 0 aliphatic rings. The van der Waals surface area contributed by atoms with Gasteiger partial charge in [0.2, 0.25) is 5.91 Å². The lowest BCUT2D eigenvalue weighted by Gasteiger charge is -2.30. The Bertz CT molecular complexity index is 169. The molecule has 0 fully saturated rings. The second-order valence-electron chi connectivity index (χ2n) is 3.28. The lowest BCUT2D eigenvalue weighted by atomic mass is 10.1. The smallest absolute Gasteiger partial charge is 0.275 e. The molecule has 0 saturated heterocycles. The van der Waals surface area contributed by atoms with Gasteiger partial charge in [0.25, 0.3) is 0 Å². The minimum absolute atomic E-state index is 0.336. The van der Waals surface area contributed by atoms with Gasteiger partial charge in [-0.3, -0.25) is 14.5 Å². The van der Waals surface area contributed by atoms with Crippen LogP contribution in [0.25, 0.3) is 0 Å². The van der Waals surface area contributed by atoms with Crippen molar-refractivity contribution in [3.8, 4) is 0 Å². The van der Waals surface area contributed by atoms with Crippen LogP contribution in [0.4, 0.5) is 4.79 Å². The number of carbonyl (C=O) groups excluding carboxylic acids is 2. The van der Waals surface area contributed by atoms with Crippen molar-refractivity contribution in [3.05, 3.63) is 0 Å². The van der Waals surface area contributed by atoms with Gasteiger partial charge in [-0.2, -0.15) is 0 Å². The fraction of sp³-hybridized carbons (Fsp3) is 0.714. The maximum absolute atomic E-state index is 10.9. The van der Waals surface area contributed by atoms with Crippen LogP contribution in [0, 0.1) is 0 Å². The third-order valence-corrected chi connectivity index (χ3v) is 1.33. The topological polar surface area (TPSA) is 37.4 Å². The highest BCUT2D eigenvalue weighted by molar-refractivity contribution is 6.64. The monoisotopic (exact) mass is 177 g/mol. The molecule has 2 amide bonds.